The number of methoxy groups -OCH3 is 1. The molecule has 0 aromatic rings. The highest BCUT2D eigenvalue weighted by molar-refractivity contribution is 14.0. The number of guanidine groups is 1. The maximum Gasteiger partial charge on any atom is 0.191 e. The Labute approximate surface area is 151 Å². The Bertz CT molecular complexity index is 331. The fourth-order valence-electron chi connectivity index (χ4n) is 2.95. The van der Waals surface area contributed by atoms with Gasteiger partial charge in [-0.1, -0.05) is 0 Å². The first-order valence-corrected chi connectivity index (χ1v) is 8.20. The van der Waals surface area contributed by atoms with Gasteiger partial charge in [-0.3, -0.25) is 9.89 Å². The van der Waals surface area contributed by atoms with E-state index in [1.165, 1.54) is 19.4 Å². The second-order valence-corrected chi connectivity index (χ2v) is 5.74. The first kappa shape index (κ1) is 19.9. The van der Waals surface area contributed by atoms with Gasteiger partial charge in [-0.05, 0) is 32.7 Å². The zero-order chi connectivity index (χ0) is 14.9. The molecular formula is C15H31IN4O2. The van der Waals surface area contributed by atoms with Gasteiger partial charge in [0.05, 0.1) is 19.3 Å². The number of nitrogens with zero attached hydrogens (tertiary/aromatic N) is 2. The molecule has 2 aliphatic rings. The van der Waals surface area contributed by atoms with Crippen LogP contribution in [0.3, 0.4) is 0 Å². The second kappa shape index (κ2) is 11.4. The number of rotatable bonds is 7. The van der Waals surface area contributed by atoms with Crippen LogP contribution in [0.1, 0.15) is 26.2 Å². The van der Waals surface area contributed by atoms with Crippen LogP contribution in [0.25, 0.3) is 0 Å². The quantitative estimate of drug-likeness (QED) is 0.276. The summed E-state index contributed by atoms with van der Waals surface area (Å²) in [6.45, 7) is 8.45. The van der Waals surface area contributed by atoms with E-state index in [2.05, 4.69) is 27.4 Å². The highest BCUT2D eigenvalue weighted by Gasteiger charge is 2.31. The van der Waals surface area contributed by atoms with Gasteiger partial charge in [0.2, 0.25) is 0 Å². The van der Waals surface area contributed by atoms with Gasteiger partial charge in [-0.2, -0.15) is 0 Å². The minimum atomic E-state index is 0. The fraction of sp³-hybridized carbons (Fsp3) is 0.933. The van der Waals surface area contributed by atoms with E-state index in [1.807, 2.05) is 0 Å². The summed E-state index contributed by atoms with van der Waals surface area (Å²) < 4.78 is 11.0. The Kier molecular flexibility index (Phi) is 10.3. The Morgan fingerprint density at radius 1 is 1.41 bits per heavy atom. The number of aliphatic imine (C=N–C) groups is 1. The number of halogens is 1. The molecule has 130 valence electrons. The molecular weight excluding hydrogens is 395 g/mol. The van der Waals surface area contributed by atoms with Crippen LogP contribution in [0.2, 0.25) is 0 Å². The lowest BCUT2D eigenvalue weighted by molar-refractivity contribution is -0.0432. The molecule has 22 heavy (non-hydrogen) atoms. The minimum Gasteiger partial charge on any atom is -0.385 e. The number of morpholine rings is 1. The van der Waals surface area contributed by atoms with Crippen LogP contribution in [-0.4, -0.2) is 76.1 Å². The Morgan fingerprint density at radius 3 is 3.05 bits per heavy atom. The summed E-state index contributed by atoms with van der Waals surface area (Å²) in [4.78, 5) is 7.21. The number of ether oxygens (including phenoxy) is 2. The van der Waals surface area contributed by atoms with E-state index in [4.69, 9.17) is 9.47 Å². The zero-order valence-electron chi connectivity index (χ0n) is 13.8. The molecule has 2 unspecified atom stereocenters. The Balaban J connectivity index is 0.00000242. The molecule has 2 aliphatic heterocycles. The highest BCUT2D eigenvalue weighted by Crippen LogP contribution is 2.22. The SMILES string of the molecule is CCNC(=NCC1CN2CCCC2CO1)NCCCOC.I. The van der Waals surface area contributed by atoms with E-state index in [-0.39, 0.29) is 30.1 Å². The molecule has 2 fully saturated rings. The molecule has 2 saturated heterocycles. The highest BCUT2D eigenvalue weighted by atomic mass is 127. The average Bonchev–Trinajstić information content (AvgIpc) is 2.96. The standard InChI is InChI=1S/C15H30N4O2.HI/c1-3-16-15(17-7-5-9-20-2)18-10-14-11-19-8-4-6-13(19)12-21-14;/h13-14H,3-12H2,1-2H3,(H2,16,17,18);1H. The molecule has 0 aromatic heterocycles. The first-order chi connectivity index (χ1) is 10.3. The van der Waals surface area contributed by atoms with Crippen LogP contribution >= 0.6 is 24.0 Å². The van der Waals surface area contributed by atoms with E-state index >= 15 is 0 Å². The Morgan fingerprint density at radius 2 is 2.27 bits per heavy atom. The van der Waals surface area contributed by atoms with Crippen LogP contribution in [0, 0.1) is 0 Å². The van der Waals surface area contributed by atoms with Crippen molar-refractivity contribution < 1.29 is 9.47 Å². The summed E-state index contributed by atoms with van der Waals surface area (Å²) in [6, 6.07) is 0.658. The van der Waals surface area contributed by atoms with Crippen molar-refractivity contribution in [3.8, 4) is 0 Å². The van der Waals surface area contributed by atoms with E-state index in [0.29, 0.717) is 6.04 Å². The number of fused-ring (bicyclic) bond motifs is 1. The molecule has 2 rings (SSSR count). The van der Waals surface area contributed by atoms with Gasteiger partial charge in [0, 0.05) is 39.4 Å². The average molecular weight is 426 g/mol. The summed E-state index contributed by atoms with van der Waals surface area (Å²) in [5, 5.41) is 6.61. The lowest BCUT2D eigenvalue weighted by atomic mass is 10.2. The summed E-state index contributed by atoms with van der Waals surface area (Å²) in [7, 11) is 1.73. The van der Waals surface area contributed by atoms with Crippen molar-refractivity contribution in [2.24, 2.45) is 4.99 Å². The van der Waals surface area contributed by atoms with Gasteiger partial charge in [0.15, 0.2) is 5.96 Å². The minimum absolute atomic E-state index is 0. The molecule has 2 atom stereocenters. The van der Waals surface area contributed by atoms with Gasteiger partial charge < -0.3 is 20.1 Å². The fourth-order valence-corrected chi connectivity index (χ4v) is 2.95. The van der Waals surface area contributed by atoms with Crippen molar-refractivity contribution in [2.45, 2.75) is 38.3 Å². The van der Waals surface area contributed by atoms with Gasteiger partial charge >= 0.3 is 0 Å². The van der Waals surface area contributed by atoms with Gasteiger partial charge in [-0.15, -0.1) is 24.0 Å². The van der Waals surface area contributed by atoms with Crippen molar-refractivity contribution in [2.75, 3.05) is 53.0 Å². The predicted molar refractivity (Wildman–Crippen MR) is 100 cm³/mol. The summed E-state index contributed by atoms with van der Waals surface area (Å²) in [5.74, 6) is 0.876. The maximum atomic E-state index is 5.94. The predicted octanol–water partition coefficient (Wildman–Crippen LogP) is 1.06. The van der Waals surface area contributed by atoms with Crippen molar-refractivity contribution >= 4 is 29.9 Å². The van der Waals surface area contributed by atoms with E-state index < -0.39 is 0 Å². The molecule has 0 bridgehead atoms. The lowest BCUT2D eigenvalue weighted by Gasteiger charge is -2.34. The van der Waals surface area contributed by atoms with Crippen molar-refractivity contribution in [1.29, 1.82) is 0 Å². The summed E-state index contributed by atoms with van der Waals surface area (Å²) in [5.41, 5.74) is 0. The largest absolute Gasteiger partial charge is 0.385 e. The lowest BCUT2D eigenvalue weighted by Crippen LogP contribution is -2.47. The smallest absolute Gasteiger partial charge is 0.191 e. The molecule has 0 radical (unpaired) electrons. The van der Waals surface area contributed by atoms with Crippen LogP contribution < -0.4 is 10.6 Å². The number of hydrogen-bond acceptors (Lipinski definition) is 4. The number of nitrogens with one attached hydrogen (secondary N) is 2. The Hall–Kier alpha value is -0.120. The molecule has 2 N–H and O–H groups in total. The maximum absolute atomic E-state index is 5.94. The molecule has 6 nitrogen and oxygen atoms in total. The van der Waals surface area contributed by atoms with Crippen LogP contribution in [-0.2, 0) is 9.47 Å². The van der Waals surface area contributed by atoms with Crippen LogP contribution in [0.5, 0.6) is 0 Å². The van der Waals surface area contributed by atoms with Crippen molar-refractivity contribution in [1.82, 2.24) is 15.5 Å². The molecule has 0 saturated carbocycles. The first-order valence-electron chi connectivity index (χ1n) is 8.20. The molecule has 0 aromatic carbocycles. The van der Waals surface area contributed by atoms with E-state index in [9.17, 15) is 0 Å². The van der Waals surface area contributed by atoms with Crippen molar-refractivity contribution in [3.63, 3.8) is 0 Å². The van der Waals surface area contributed by atoms with Gasteiger partial charge in [-0.25, -0.2) is 0 Å². The molecule has 0 aliphatic carbocycles. The zero-order valence-corrected chi connectivity index (χ0v) is 16.2. The van der Waals surface area contributed by atoms with E-state index in [1.54, 1.807) is 7.11 Å². The van der Waals surface area contributed by atoms with E-state index in [0.717, 1.165) is 51.8 Å². The summed E-state index contributed by atoms with van der Waals surface area (Å²) >= 11 is 0. The topological polar surface area (TPSA) is 58.1 Å². The second-order valence-electron chi connectivity index (χ2n) is 5.74. The number of hydrogen-bond donors (Lipinski definition) is 2. The third-order valence-electron chi connectivity index (χ3n) is 4.08. The van der Waals surface area contributed by atoms with Crippen LogP contribution in [0.4, 0.5) is 0 Å². The van der Waals surface area contributed by atoms with Gasteiger partial charge in [0.25, 0.3) is 0 Å². The molecule has 2 heterocycles. The molecule has 7 heteroatoms. The third-order valence-corrected chi connectivity index (χ3v) is 4.08. The van der Waals surface area contributed by atoms with Gasteiger partial charge in [0.1, 0.15) is 0 Å². The van der Waals surface area contributed by atoms with Crippen molar-refractivity contribution in [3.05, 3.63) is 0 Å². The normalized spacial score (nSPS) is 25.5. The summed E-state index contributed by atoms with van der Waals surface area (Å²) in [6.07, 6.45) is 3.82. The van der Waals surface area contributed by atoms with Crippen LogP contribution in [0.15, 0.2) is 4.99 Å². The molecule has 0 amide bonds. The molecule has 0 spiro atoms. The monoisotopic (exact) mass is 426 g/mol. The third kappa shape index (κ3) is 6.55.